The maximum atomic E-state index is 5.36. The van der Waals surface area contributed by atoms with Gasteiger partial charge in [0.2, 0.25) is 0 Å². The molecule has 0 N–H and O–H groups in total. The Morgan fingerprint density at radius 2 is 0.672 bits per heavy atom. The Labute approximate surface area is 353 Å². The molecule has 7 aromatic carbocycles. The van der Waals surface area contributed by atoms with Crippen LogP contribution in [0, 0.1) is 0 Å². The van der Waals surface area contributed by atoms with Crippen LogP contribution in [0.1, 0.15) is 22.3 Å². The van der Waals surface area contributed by atoms with Gasteiger partial charge in [-0.1, -0.05) is 152 Å². The van der Waals surface area contributed by atoms with Crippen molar-refractivity contribution in [2.75, 3.05) is 0 Å². The van der Waals surface area contributed by atoms with Crippen LogP contribution in [0.2, 0.25) is 0 Å². The minimum atomic E-state index is -0.622. The van der Waals surface area contributed by atoms with Gasteiger partial charge in [-0.25, -0.2) is 15.0 Å². The third-order valence-electron chi connectivity index (χ3n) is 12.3. The van der Waals surface area contributed by atoms with Crippen LogP contribution < -0.4 is 0 Å². The largest absolute Gasteiger partial charge is 0.264 e. The molecule has 3 heterocycles. The second kappa shape index (κ2) is 14.0. The Hall–Kier alpha value is -8.15. The minimum absolute atomic E-state index is 0.582. The lowest BCUT2D eigenvalue weighted by molar-refractivity contribution is 0.775. The minimum Gasteiger partial charge on any atom is -0.264 e. The summed E-state index contributed by atoms with van der Waals surface area (Å²) in [6.07, 6.45) is 7.37. The lowest BCUT2D eigenvalue weighted by Crippen LogP contribution is -2.29. The van der Waals surface area contributed by atoms with Crippen LogP contribution in [0.4, 0.5) is 0 Å². The van der Waals surface area contributed by atoms with E-state index in [1.165, 1.54) is 55.6 Å². The highest BCUT2D eigenvalue weighted by Gasteiger charge is 2.49. The maximum absolute atomic E-state index is 5.36. The van der Waals surface area contributed by atoms with Gasteiger partial charge >= 0.3 is 0 Å². The van der Waals surface area contributed by atoms with E-state index < -0.39 is 5.41 Å². The molecule has 5 nitrogen and oxygen atoms in total. The summed E-state index contributed by atoms with van der Waals surface area (Å²) in [5, 5.41) is 0. The highest BCUT2D eigenvalue weighted by molar-refractivity contribution is 5.97. The Balaban J connectivity index is 1.12. The fraction of sp³-hybridized carbons (Fsp3) is 0.0179. The highest BCUT2D eigenvalue weighted by Crippen LogP contribution is 2.61. The normalized spacial score (nSPS) is 12.7. The van der Waals surface area contributed by atoms with E-state index in [1.54, 1.807) is 12.4 Å². The van der Waals surface area contributed by atoms with E-state index in [2.05, 4.69) is 168 Å². The summed E-state index contributed by atoms with van der Waals surface area (Å²) in [6.45, 7) is 0. The molecule has 0 bridgehead atoms. The molecule has 0 unspecified atom stereocenters. The summed E-state index contributed by atoms with van der Waals surface area (Å²) in [4.78, 5) is 24.7. The average Bonchev–Trinajstić information content (AvgIpc) is 3.58. The molecule has 0 fully saturated rings. The fourth-order valence-corrected chi connectivity index (χ4v) is 9.69. The van der Waals surface area contributed by atoms with E-state index in [0.29, 0.717) is 17.5 Å². The highest BCUT2D eigenvalue weighted by atomic mass is 15.0. The molecular formula is C56H35N5. The Morgan fingerprint density at radius 1 is 0.262 bits per heavy atom. The predicted octanol–water partition coefficient (Wildman–Crippen LogP) is 13.0. The zero-order chi connectivity index (χ0) is 40.3. The van der Waals surface area contributed by atoms with Crippen molar-refractivity contribution in [3.63, 3.8) is 0 Å². The zero-order valence-electron chi connectivity index (χ0n) is 32.9. The first-order chi connectivity index (χ1) is 30.2. The third kappa shape index (κ3) is 5.52. The Bertz CT molecular complexity index is 3180. The molecular weight excluding hydrogens is 743 g/mol. The van der Waals surface area contributed by atoms with Crippen LogP contribution in [-0.2, 0) is 5.41 Å². The van der Waals surface area contributed by atoms with Gasteiger partial charge in [-0.05, 0) is 103 Å². The molecule has 0 radical (unpaired) electrons. The van der Waals surface area contributed by atoms with E-state index >= 15 is 0 Å². The molecule has 0 saturated carbocycles. The quantitative estimate of drug-likeness (QED) is 0.174. The van der Waals surface area contributed by atoms with Crippen molar-refractivity contribution in [1.29, 1.82) is 0 Å². The van der Waals surface area contributed by atoms with Crippen molar-refractivity contribution in [2.45, 2.75) is 5.41 Å². The average molecular weight is 778 g/mol. The van der Waals surface area contributed by atoms with Gasteiger partial charge < -0.3 is 0 Å². The smallest absolute Gasteiger partial charge is 0.164 e. The molecule has 10 aromatic rings. The van der Waals surface area contributed by atoms with Crippen molar-refractivity contribution in [2.24, 2.45) is 0 Å². The van der Waals surface area contributed by atoms with Crippen molar-refractivity contribution in [3.8, 4) is 89.8 Å². The van der Waals surface area contributed by atoms with Gasteiger partial charge in [0.05, 0.1) is 5.41 Å². The first-order valence-corrected chi connectivity index (χ1v) is 20.6. The van der Waals surface area contributed by atoms with Gasteiger partial charge in [0.1, 0.15) is 0 Å². The number of aromatic nitrogens is 5. The van der Waals surface area contributed by atoms with Crippen molar-refractivity contribution in [3.05, 3.63) is 235 Å². The summed E-state index contributed by atoms with van der Waals surface area (Å²) in [5.41, 5.74) is 18.5. The molecule has 61 heavy (non-hydrogen) atoms. The van der Waals surface area contributed by atoms with Crippen molar-refractivity contribution >= 4 is 0 Å². The van der Waals surface area contributed by atoms with E-state index in [0.717, 1.165) is 38.9 Å². The first-order valence-electron chi connectivity index (χ1n) is 20.6. The van der Waals surface area contributed by atoms with Crippen LogP contribution in [-0.4, -0.2) is 24.9 Å². The molecule has 3 aromatic heterocycles. The molecule has 2 aliphatic rings. The van der Waals surface area contributed by atoms with Gasteiger partial charge in [0.15, 0.2) is 17.5 Å². The van der Waals surface area contributed by atoms with Gasteiger partial charge in [-0.2, -0.15) is 0 Å². The second-order valence-corrected chi connectivity index (χ2v) is 15.6. The van der Waals surface area contributed by atoms with Gasteiger partial charge in [0.25, 0.3) is 0 Å². The van der Waals surface area contributed by atoms with E-state index in [9.17, 15) is 0 Å². The monoisotopic (exact) mass is 777 g/mol. The lowest BCUT2D eigenvalue weighted by Gasteiger charge is -2.35. The summed E-state index contributed by atoms with van der Waals surface area (Å²) >= 11 is 0. The SMILES string of the molecule is c1ccc(-c2nc(-c3cc(-c4cccnc4)cc(-c4cccnc4)c3)nc(-c3ccc4c(c3)C3(c5ccccc5-c5ccccc5-c5ccccc53)c3ccccc3-4)n2)cc1. The van der Waals surface area contributed by atoms with E-state index in [1.807, 2.05) is 42.7 Å². The number of pyridine rings is 2. The second-order valence-electron chi connectivity index (χ2n) is 15.6. The summed E-state index contributed by atoms with van der Waals surface area (Å²) < 4.78 is 0. The molecule has 0 aliphatic heterocycles. The fourth-order valence-electron chi connectivity index (χ4n) is 9.69. The first kappa shape index (κ1) is 34.9. The lowest BCUT2D eigenvalue weighted by atomic mass is 9.66. The molecule has 0 atom stereocenters. The number of fused-ring (bicyclic) bond motifs is 12. The number of hydrogen-bond donors (Lipinski definition) is 0. The molecule has 5 heteroatoms. The molecule has 0 amide bonds. The number of benzene rings is 7. The summed E-state index contributed by atoms with van der Waals surface area (Å²) in [6, 6.07) is 67.2. The molecule has 284 valence electrons. The van der Waals surface area contributed by atoms with Crippen LogP contribution >= 0.6 is 0 Å². The van der Waals surface area contributed by atoms with Crippen LogP contribution in [0.5, 0.6) is 0 Å². The molecule has 12 rings (SSSR count). The predicted molar refractivity (Wildman–Crippen MR) is 244 cm³/mol. The van der Waals surface area contributed by atoms with Crippen LogP contribution in [0.25, 0.3) is 89.8 Å². The van der Waals surface area contributed by atoms with Gasteiger partial charge in [-0.3, -0.25) is 9.97 Å². The van der Waals surface area contributed by atoms with Gasteiger partial charge in [0, 0.05) is 52.6 Å². The Kier molecular flexibility index (Phi) is 8.00. The zero-order valence-corrected chi connectivity index (χ0v) is 32.9. The number of rotatable bonds is 5. The van der Waals surface area contributed by atoms with Crippen molar-refractivity contribution < 1.29 is 0 Å². The van der Waals surface area contributed by atoms with Crippen LogP contribution in [0.3, 0.4) is 0 Å². The topological polar surface area (TPSA) is 64.5 Å². The van der Waals surface area contributed by atoms with Gasteiger partial charge in [-0.15, -0.1) is 0 Å². The van der Waals surface area contributed by atoms with Crippen LogP contribution in [0.15, 0.2) is 213 Å². The molecule has 0 saturated heterocycles. The standard InChI is InChI=1S/C56H35N5/c1-2-14-36(15-3-1)53-59-54(61-55(60-53)42-31-40(38-16-12-28-57-34-38)30-41(32-42)39-17-13-29-58-35-39)37-26-27-48-47-22-8-11-25-51(47)56(52(48)33-37)49-23-9-6-20-45(49)43-18-4-5-19-44(43)46-21-7-10-24-50(46)56/h1-35H. The Morgan fingerprint density at radius 3 is 1.20 bits per heavy atom. The number of nitrogens with zero attached hydrogens (tertiary/aromatic N) is 5. The van der Waals surface area contributed by atoms with Crippen molar-refractivity contribution in [1.82, 2.24) is 24.9 Å². The number of hydrogen-bond acceptors (Lipinski definition) is 5. The molecule has 2 aliphatic carbocycles. The van der Waals surface area contributed by atoms with E-state index in [4.69, 9.17) is 15.0 Å². The summed E-state index contributed by atoms with van der Waals surface area (Å²) in [7, 11) is 0. The summed E-state index contributed by atoms with van der Waals surface area (Å²) in [5.74, 6) is 1.79. The van der Waals surface area contributed by atoms with E-state index in [-0.39, 0.29) is 0 Å². The molecule has 1 spiro atoms. The third-order valence-corrected chi connectivity index (χ3v) is 12.3. The maximum Gasteiger partial charge on any atom is 0.164 e.